The molecule has 0 unspecified atom stereocenters. The molecule has 0 fully saturated rings. The standard InChI is InChI=1S/C35H25N/c1-22-11-18-28(23(2)21-22)26-12-14-27(15-13-26)33-31-19-16-24-7-3-5-9-29(24)34(31)36-35-30-10-6-4-8-25(30)17-20-32(33)35/h3-21H,1-2H3. The summed E-state index contributed by atoms with van der Waals surface area (Å²) >= 11 is 0. The number of aromatic nitrogens is 1. The van der Waals surface area contributed by atoms with Crippen LogP contribution in [0.15, 0.2) is 115 Å². The number of rotatable bonds is 2. The molecule has 0 bridgehead atoms. The highest BCUT2D eigenvalue weighted by atomic mass is 14.7. The zero-order chi connectivity index (χ0) is 24.2. The Morgan fingerprint density at radius 3 is 1.61 bits per heavy atom. The number of hydrogen-bond acceptors (Lipinski definition) is 1. The van der Waals surface area contributed by atoms with Crippen LogP contribution in [0.25, 0.3) is 65.6 Å². The van der Waals surface area contributed by atoms with E-state index in [-0.39, 0.29) is 0 Å². The molecular weight excluding hydrogens is 434 g/mol. The summed E-state index contributed by atoms with van der Waals surface area (Å²) < 4.78 is 0. The second-order valence-corrected chi connectivity index (χ2v) is 9.75. The van der Waals surface area contributed by atoms with Crippen molar-refractivity contribution >= 4 is 43.4 Å². The quantitative estimate of drug-likeness (QED) is 0.185. The molecule has 0 spiro atoms. The number of nitrogens with zero attached hydrogens (tertiary/aromatic N) is 1. The number of pyridine rings is 1. The molecule has 0 N–H and O–H groups in total. The smallest absolute Gasteiger partial charge is 0.0794 e. The minimum atomic E-state index is 1.06. The summed E-state index contributed by atoms with van der Waals surface area (Å²) in [4.78, 5) is 5.31. The first-order chi connectivity index (χ1) is 17.7. The maximum absolute atomic E-state index is 5.31. The normalized spacial score (nSPS) is 11.6. The highest BCUT2D eigenvalue weighted by Crippen LogP contribution is 2.40. The van der Waals surface area contributed by atoms with Crippen LogP contribution >= 0.6 is 0 Å². The Labute approximate surface area is 210 Å². The molecule has 0 aliphatic rings. The summed E-state index contributed by atoms with van der Waals surface area (Å²) in [5.41, 5.74) is 9.71. The van der Waals surface area contributed by atoms with Crippen LogP contribution in [-0.4, -0.2) is 4.98 Å². The zero-order valence-electron chi connectivity index (χ0n) is 20.4. The van der Waals surface area contributed by atoms with E-state index in [1.54, 1.807) is 0 Å². The first-order valence-electron chi connectivity index (χ1n) is 12.5. The maximum Gasteiger partial charge on any atom is 0.0794 e. The fraction of sp³-hybridized carbons (Fsp3) is 0.0571. The lowest BCUT2D eigenvalue weighted by molar-refractivity contribution is 1.38. The summed E-state index contributed by atoms with van der Waals surface area (Å²) in [6.07, 6.45) is 0. The van der Waals surface area contributed by atoms with Gasteiger partial charge in [0.15, 0.2) is 0 Å². The van der Waals surface area contributed by atoms with E-state index in [0.29, 0.717) is 0 Å². The molecule has 6 aromatic carbocycles. The van der Waals surface area contributed by atoms with Gasteiger partial charge in [-0.3, -0.25) is 0 Å². The van der Waals surface area contributed by atoms with Gasteiger partial charge in [0.05, 0.1) is 11.0 Å². The molecule has 0 atom stereocenters. The highest BCUT2D eigenvalue weighted by Gasteiger charge is 2.15. The van der Waals surface area contributed by atoms with E-state index in [2.05, 4.69) is 129 Å². The number of hydrogen-bond donors (Lipinski definition) is 0. The largest absolute Gasteiger partial charge is 0.246 e. The van der Waals surface area contributed by atoms with Crippen molar-refractivity contribution in [1.29, 1.82) is 0 Å². The van der Waals surface area contributed by atoms with Crippen molar-refractivity contribution in [1.82, 2.24) is 4.98 Å². The Morgan fingerprint density at radius 2 is 1.03 bits per heavy atom. The van der Waals surface area contributed by atoms with Gasteiger partial charge in [0.25, 0.3) is 0 Å². The Morgan fingerprint density at radius 1 is 0.472 bits per heavy atom. The van der Waals surface area contributed by atoms with E-state index in [9.17, 15) is 0 Å². The van der Waals surface area contributed by atoms with E-state index in [4.69, 9.17) is 4.98 Å². The number of aryl methyl sites for hydroxylation is 2. The molecule has 1 aromatic heterocycles. The molecule has 36 heavy (non-hydrogen) atoms. The van der Waals surface area contributed by atoms with Gasteiger partial charge in [0.2, 0.25) is 0 Å². The van der Waals surface area contributed by atoms with E-state index in [1.807, 2.05) is 0 Å². The molecule has 170 valence electrons. The third kappa shape index (κ3) is 3.21. The molecule has 1 heteroatoms. The van der Waals surface area contributed by atoms with Gasteiger partial charge in [-0.25, -0.2) is 4.98 Å². The van der Waals surface area contributed by atoms with E-state index in [1.165, 1.54) is 65.7 Å². The van der Waals surface area contributed by atoms with Crippen LogP contribution in [-0.2, 0) is 0 Å². The third-order valence-electron chi connectivity index (χ3n) is 7.43. The Kier molecular flexibility index (Phi) is 4.65. The fourth-order valence-corrected chi connectivity index (χ4v) is 5.68. The summed E-state index contributed by atoms with van der Waals surface area (Å²) in [5, 5.41) is 7.20. The highest BCUT2D eigenvalue weighted by molar-refractivity contribution is 6.21. The lowest BCUT2D eigenvalue weighted by Crippen LogP contribution is -1.92. The molecule has 7 rings (SSSR count). The van der Waals surface area contributed by atoms with Gasteiger partial charge < -0.3 is 0 Å². The summed E-state index contributed by atoms with van der Waals surface area (Å²) in [7, 11) is 0. The van der Waals surface area contributed by atoms with Crippen molar-refractivity contribution in [2.45, 2.75) is 13.8 Å². The molecule has 0 aliphatic carbocycles. The van der Waals surface area contributed by atoms with Crippen molar-refractivity contribution in [2.75, 3.05) is 0 Å². The Balaban J connectivity index is 1.55. The minimum absolute atomic E-state index is 1.06. The van der Waals surface area contributed by atoms with Crippen molar-refractivity contribution < 1.29 is 0 Å². The topological polar surface area (TPSA) is 12.9 Å². The zero-order valence-corrected chi connectivity index (χ0v) is 20.4. The fourth-order valence-electron chi connectivity index (χ4n) is 5.68. The van der Waals surface area contributed by atoms with E-state index < -0.39 is 0 Å². The van der Waals surface area contributed by atoms with Crippen molar-refractivity contribution in [3.05, 3.63) is 126 Å². The average Bonchev–Trinajstić information content (AvgIpc) is 2.92. The van der Waals surface area contributed by atoms with Gasteiger partial charge in [0, 0.05) is 27.1 Å². The molecule has 0 aliphatic heterocycles. The van der Waals surface area contributed by atoms with Crippen LogP contribution in [0.4, 0.5) is 0 Å². The maximum atomic E-state index is 5.31. The summed E-state index contributed by atoms with van der Waals surface area (Å²) in [6.45, 7) is 4.34. The van der Waals surface area contributed by atoms with Gasteiger partial charge in [-0.15, -0.1) is 0 Å². The van der Waals surface area contributed by atoms with E-state index in [0.717, 1.165) is 11.0 Å². The van der Waals surface area contributed by atoms with Gasteiger partial charge >= 0.3 is 0 Å². The van der Waals surface area contributed by atoms with Crippen LogP contribution in [0.5, 0.6) is 0 Å². The van der Waals surface area contributed by atoms with Gasteiger partial charge in [-0.1, -0.05) is 121 Å². The van der Waals surface area contributed by atoms with Gasteiger partial charge in [-0.05, 0) is 46.9 Å². The van der Waals surface area contributed by atoms with Crippen LogP contribution < -0.4 is 0 Å². The molecule has 0 saturated carbocycles. The van der Waals surface area contributed by atoms with Crippen LogP contribution in [0.1, 0.15) is 11.1 Å². The van der Waals surface area contributed by atoms with E-state index >= 15 is 0 Å². The Bertz CT molecular complexity index is 1850. The molecule has 0 saturated heterocycles. The van der Waals surface area contributed by atoms with Gasteiger partial charge in [0.1, 0.15) is 0 Å². The predicted octanol–water partition coefficient (Wildman–Crippen LogP) is 9.65. The molecule has 1 heterocycles. The molecule has 0 radical (unpaired) electrons. The Hall–Kier alpha value is -4.49. The lowest BCUT2D eigenvalue weighted by atomic mass is 9.91. The van der Waals surface area contributed by atoms with Crippen LogP contribution in [0, 0.1) is 13.8 Å². The molecular formula is C35H25N. The first-order valence-corrected chi connectivity index (χ1v) is 12.5. The van der Waals surface area contributed by atoms with Gasteiger partial charge in [-0.2, -0.15) is 0 Å². The first kappa shape index (κ1) is 20.8. The minimum Gasteiger partial charge on any atom is -0.246 e. The van der Waals surface area contributed by atoms with Crippen LogP contribution in [0.3, 0.4) is 0 Å². The van der Waals surface area contributed by atoms with Crippen molar-refractivity contribution in [2.24, 2.45) is 0 Å². The second-order valence-electron chi connectivity index (χ2n) is 9.75. The second kappa shape index (κ2) is 8.03. The molecule has 0 amide bonds. The third-order valence-corrected chi connectivity index (χ3v) is 7.43. The summed E-state index contributed by atoms with van der Waals surface area (Å²) in [6, 6.07) is 41.8. The summed E-state index contributed by atoms with van der Waals surface area (Å²) in [5.74, 6) is 0. The molecule has 1 nitrogen and oxygen atoms in total. The SMILES string of the molecule is Cc1ccc(-c2ccc(-c3c4ccc5ccccc5c4nc4c3ccc3ccccc34)cc2)c(C)c1. The number of benzene rings is 6. The lowest BCUT2D eigenvalue weighted by Gasteiger charge is -2.15. The van der Waals surface area contributed by atoms with Crippen LogP contribution in [0.2, 0.25) is 0 Å². The average molecular weight is 460 g/mol. The van der Waals surface area contributed by atoms with Crippen molar-refractivity contribution in [3.63, 3.8) is 0 Å². The van der Waals surface area contributed by atoms with Crippen molar-refractivity contribution in [3.8, 4) is 22.3 Å². The predicted molar refractivity (Wildman–Crippen MR) is 155 cm³/mol. The monoisotopic (exact) mass is 459 g/mol. The number of fused-ring (bicyclic) bond motifs is 6. The molecule has 7 aromatic rings.